The summed E-state index contributed by atoms with van der Waals surface area (Å²) in [5, 5.41) is 0. The number of hydrogen-bond acceptors (Lipinski definition) is 1. The molecule has 0 saturated carbocycles. The summed E-state index contributed by atoms with van der Waals surface area (Å²) >= 11 is 0. The summed E-state index contributed by atoms with van der Waals surface area (Å²) < 4.78 is 0. The van der Waals surface area contributed by atoms with Gasteiger partial charge in [-0.15, -0.1) is 0 Å². The zero-order valence-corrected chi connectivity index (χ0v) is 10.7. The highest BCUT2D eigenvalue weighted by Gasteiger charge is 2.18. The Hall–Kier alpha value is 0.0249. The van der Waals surface area contributed by atoms with Crippen LogP contribution in [0.3, 0.4) is 0 Å². The fourth-order valence-electron chi connectivity index (χ4n) is 2.13. The summed E-state index contributed by atoms with van der Waals surface area (Å²) in [7, 11) is 0. The van der Waals surface area contributed by atoms with Crippen molar-refractivity contribution in [3.05, 3.63) is 0 Å². The molecular formula is C12H28BN. The zero-order chi connectivity index (χ0) is 10.8. The van der Waals surface area contributed by atoms with Crippen LogP contribution in [0.25, 0.3) is 0 Å². The molecule has 2 heteroatoms. The van der Waals surface area contributed by atoms with E-state index in [4.69, 9.17) is 0 Å². The minimum absolute atomic E-state index is 0.852. The van der Waals surface area contributed by atoms with Gasteiger partial charge in [-0.1, -0.05) is 66.0 Å². The largest absolute Gasteiger partial charge is 0.342 e. The van der Waals surface area contributed by atoms with Crippen molar-refractivity contribution in [3.63, 3.8) is 0 Å². The van der Waals surface area contributed by atoms with Crippen LogP contribution in [-0.2, 0) is 0 Å². The van der Waals surface area contributed by atoms with E-state index in [9.17, 15) is 0 Å². The van der Waals surface area contributed by atoms with Crippen molar-refractivity contribution < 1.29 is 0 Å². The molecule has 0 aliphatic rings. The molecule has 0 unspecified atom stereocenters. The Morgan fingerprint density at radius 2 is 1.21 bits per heavy atom. The molecule has 14 heavy (non-hydrogen) atoms. The molecule has 0 rings (SSSR count). The van der Waals surface area contributed by atoms with Crippen LogP contribution >= 0.6 is 0 Å². The Balaban J connectivity index is 3.92. The van der Waals surface area contributed by atoms with E-state index in [0.29, 0.717) is 0 Å². The van der Waals surface area contributed by atoms with Crippen LogP contribution in [0.15, 0.2) is 0 Å². The van der Waals surface area contributed by atoms with Gasteiger partial charge in [-0.05, 0) is 13.1 Å². The second-order valence-electron chi connectivity index (χ2n) is 4.16. The highest BCUT2D eigenvalue weighted by Crippen LogP contribution is 2.13. The van der Waals surface area contributed by atoms with E-state index < -0.39 is 0 Å². The standard InChI is InChI=1S/C12H28BN/c1-5-9-11-13(12-10-6-2)14(7-3)8-4/h5-12H2,1-4H3. The van der Waals surface area contributed by atoms with E-state index in [2.05, 4.69) is 32.5 Å². The van der Waals surface area contributed by atoms with Crippen molar-refractivity contribution in [1.82, 2.24) is 4.81 Å². The average Bonchev–Trinajstić information content (AvgIpc) is 2.22. The molecule has 0 atom stereocenters. The molecule has 0 saturated heterocycles. The van der Waals surface area contributed by atoms with Crippen LogP contribution in [0.1, 0.15) is 53.4 Å². The lowest BCUT2D eigenvalue weighted by atomic mass is 9.52. The highest BCUT2D eigenvalue weighted by molar-refractivity contribution is 6.55. The topological polar surface area (TPSA) is 3.24 Å². The molecule has 0 aromatic heterocycles. The average molecular weight is 197 g/mol. The van der Waals surface area contributed by atoms with Gasteiger partial charge in [0.1, 0.15) is 0 Å². The molecule has 0 spiro atoms. The van der Waals surface area contributed by atoms with E-state index in [1.807, 2.05) is 0 Å². The lowest BCUT2D eigenvalue weighted by Gasteiger charge is -2.26. The van der Waals surface area contributed by atoms with Crippen LogP contribution in [0, 0.1) is 0 Å². The van der Waals surface area contributed by atoms with Gasteiger partial charge in [0.2, 0.25) is 6.85 Å². The maximum absolute atomic E-state index is 2.63. The maximum atomic E-state index is 2.63. The zero-order valence-electron chi connectivity index (χ0n) is 10.7. The predicted molar refractivity (Wildman–Crippen MR) is 68.1 cm³/mol. The van der Waals surface area contributed by atoms with Gasteiger partial charge >= 0.3 is 0 Å². The second kappa shape index (κ2) is 9.58. The third-order valence-electron chi connectivity index (χ3n) is 3.11. The first-order chi connectivity index (χ1) is 6.79. The predicted octanol–water partition coefficient (Wildman–Crippen LogP) is 3.92. The van der Waals surface area contributed by atoms with Gasteiger partial charge in [0.05, 0.1) is 0 Å². The van der Waals surface area contributed by atoms with Crippen LogP contribution in [-0.4, -0.2) is 24.7 Å². The molecule has 0 radical (unpaired) electrons. The van der Waals surface area contributed by atoms with Crippen molar-refractivity contribution >= 4 is 6.85 Å². The van der Waals surface area contributed by atoms with Gasteiger partial charge in [-0.25, -0.2) is 0 Å². The first-order valence-electron chi connectivity index (χ1n) is 6.54. The Morgan fingerprint density at radius 1 is 0.786 bits per heavy atom. The fraction of sp³-hybridized carbons (Fsp3) is 1.00. The molecule has 0 aromatic rings. The normalized spacial score (nSPS) is 10.9. The molecular weight excluding hydrogens is 169 g/mol. The minimum atomic E-state index is 0.852. The monoisotopic (exact) mass is 197 g/mol. The summed E-state index contributed by atoms with van der Waals surface area (Å²) in [4.78, 5) is 2.63. The lowest BCUT2D eigenvalue weighted by molar-refractivity contribution is 0.471. The van der Waals surface area contributed by atoms with E-state index in [0.717, 1.165) is 6.85 Å². The maximum Gasteiger partial charge on any atom is 0.223 e. The Morgan fingerprint density at radius 3 is 1.50 bits per heavy atom. The number of rotatable bonds is 9. The van der Waals surface area contributed by atoms with Gasteiger partial charge in [0.15, 0.2) is 0 Å². The summed E-state index contributed by atoms with van der Waals surface area (Å²) in [5.41, 5.74) is 0. The van der Waals surface area contributed by atoms with E-state index in [1.165, 1.54) is 51.4 Å². The molecule has 0 N–H and O–H groups in total. The molecule has 0 aliphatic carbocycles. The van der Waals surface area contributed by atoms with Crippen molar-refractivity contribution in [1.29, 1.82) is 0 Å². The molecule has 84 valence electrons. The quantitative estimate of drug-likeness (QED) is 0.506. The van der Waals surface area contributed by atoms with E-state index >= 15 is 0 Å². The van der Waals surface area contributed by atoms with E-state index in [1.54, 1.807) is 0 Å². The minimum Gasteiger partial charge on any atom is -0.342 e. The smallest absolute Gasteiger partial charge is 0.223 e. The summed E-state index contributed by atoms with van der Waals surface area (Å²) in [5.74, 6) is 0. The van der Waals surface area contributed by atoms with Crippen molar-refractivity contribution in [2.75, 3.05) is 13.1 Å². The van der Waals surface area contributed by atoms with Gasteiger partial charge in [-0.3, -0.25) is 0 Å². The van der Waals surface area contributed by atoms with Crippen molar-refractivity contribution in [2.24, 2.45) is 0 Å². The van der Waals surface area contributed by atoms with E-state index in [-0.39, 0.29) is 0 Å². The summed E-state index contributed by atoms with van der Waals surface area (Å²) in [6, 6.07) is 0. The molecule has 0 fully saturated rings. The molecule has 0 aliphatic heterocycles. The third-order valence-corrected chi connectivity index (χ3v) is 3.11. The number of hydrogen-bond donors (Lipinski definition) is 0. The molecule has 1 nitrogen and oxygen atoms in total. The van der Waals surface area contributed by atoms with Crippen LogP contribution in [0.4, 0.5) is 0 Å². The fourth-order valence-corrected chi connectivity index (χ4v) is 2.13. The summed E-state index contributed by atoms with van der Waals surface area (Å²) in [6.45, 7) is 12.4. The molecule has 0 aromatic carbocycles. The van der Waals surface area contributed by atoms with Crippen molar-refractivity contribution in [3.8, 4) is 0 Å². The van der Waals surface area contributed by atoms with Crippen LogP contribution in [0.2, 0.25) is 12.6 Å². The van der Waals surface area contributed by atoms with Gasteiger partial charge in [0, 0.05) is 0 Å². The Bertz CT molecular complexity index is 105. The first kappa shape index (κ1) is 14.0. The third kappa shape index (κ3) is 5.69. The molecule has 0 bridgehead atoms. The lowest BCUT2D eigenvalue weighted by Crippen LogP contribution is -2.38. The van der Waals surface area contributed by atoms with Crippen LogP contribution < -0.4 is 0 Å². The molecule has 0 heterocycles. The second-order valence-corrected chi connectivity index (χ2v) is 4.16. The Labute approximate surface area is 91.4 Å². The highest BCUT2D eigenvalue weighted by atomic mass is 15.0. The molecule has 0 amide bonds. The summed E-state index contributed by atoms with van der Waals surface area (Å²) in [6.07, 6.45) is 8.26. The van der Waals surface area contributed by atoms with Gasteiger partial charge in [0.25, 0.3) is 0 Å². The number of unbranched alkanes of at least 4 members (excludes halogenated alkanes) is 2. The first-order valence-corrected chi connectivity index (χ1v) is 6.54. The Kier molecular flexibility index (Phi) is 9.59. The number of nitrogens with zero attached hydrogens (tertiary/aromatic N) is 1. The SMILES string of the molecule is CCCCB(CCCC)N(CC)CC. The van der Waals surface area contributed by atoms with Gasteiger partial charge in [-0.2, -0.15) is 0 Å². The van der Waals surface area contributed by atoms with Crippen LogP contribution in [0.5, 0.6) is 0 Å². The van der Waals surface area contributed by atoms with Gasteiger partial charge < -0.3 is 4.81 Å². The van der Waals surface area contributed by atoms with Crippen molar-refractivity contribution in [2.45, 2.75) is 66.0 Å².